The summed E-state index contributed by atoms with van der Waals surface area (Å²) in [7, 11) is 1.65. The Morgan fingerprint density at radius 1 is 1.30 bits per heavy atom. The molecule has 1 amide bonds. The molecule has 1 unspecified atom stereocenters. The zero-order valence-electron chi connectivity index (χ0n) is 12.6. The van der Waals surface area contributed by atoms with Gasteiger partial charge in [-0.05, 0) is 44.9 Å². The number of amides is 1. The molecule has 4 nitrogen and oxygen atoms in total. The molecule has 114 valence electrons. The van der Waals surface area contributed by atoms with Crippen LogP contribution in [0.2, 0.25) is 0 Å². The van der Waals surface area contributed by atoms with Crippen LogP contribution in [0.1, 0.15) is 26.3 Å². The second-order valence-corrected chi connectivity index (χ2v) is 4.81. The molecule has 0 aromatic heterocycles. The molecule has 1 aromatic carbocycles. The van der Waals surface area contributed by atoms with Gasteiger partial charge in [-0.2, -0.15) is 0 Å². The number of hydrogen-bond acceptors (Lipinski definition) is 3. The number of carbonyl (C=O) groups is 1. The molecule has 5 heteroatoms. The van der Waals surface area contributed by atoms with Crippen molar-refractivity contribution in [2.24, 2.45) is 5.73 Å². The molecule has 2 atom stereocenters. The Balaban J connectivity index is 0.00000361. The maximum atomic E-state index is 12.0. The highest BCUT2D eigenvalue weighted by Crippen LogP contribution is 2.15. The van der Waals surface area contributed by atoms with E-state index in [-0.39, 0.29) is 24.4 Å². The molecule has 0 aliphatic heterocycles. The topological polar surface area (TPSA) is 55.6 Å². The van der Waals surface area contributed by atoms with Crippen molar-refractivity contribution >= 4 is 18.3 Å². The lowest BCUT2D eigenvalue weighted by atomic mass is 10.0. The average Bonchev–Trinajstić information content (AvgIpc) is 2.40. The second-order valence-electron chi connectivity index (χ2n) is 4.81. The molecule has 0 spiro atoms. The van der Waals surface area contributed by atoms with Crippen LogP contribution in [-0.4, -0.2) is 36.5 Å². The van der Waals surface area contributed by atoms with E-state index in [1.54, 1.807) is 14.0 Å². The number of hydrogen-bond donors (Lipinski definition) is 1. The number of ether oxygens (including phenoxy) is 1. The third-order valence-electron chi connectivity index (χ3n) is 3.24. The van der Waals surface area contributed by atoms with Gasteiger partial charge in [0.15, 0.2) is 0 Å². The van der Waals surface area contributed by atoms with Crippen LogP contribution in [0.15, 0.2) is 24.3 Å². The molecule has 0 heterocycles. The van der Waals surface area contributed by atoms with Gasteiger partial charge in [-0.1, -0.05) is 12.1 Å². The van der Waals surface area contributed by atoms with Crippen LogP contribution in [0.4, 0.5) is 0 Å². The predicted molar refractivity (Wildman–Crippen MR) is 84.4 cm³/mol. The van der Waals surface area contributed by atoms with Crippen LogP contribution in [-0.2, 0) is 11.2 Å². The largest absolute Gasteiger partial charge is 0.497 e. The van der Waals surface area contributed by atoms with E-state index in [0.29, 0.717) is 6.54 Å². The van der Waals surface area contributed by atoms with Crippen LogP contribution in [0, 0.1) is 0 Å². The van der Waals surface area contributed by atoms with Gasteiger partial charge in [0.05, 0.1) is 13.2 Å². The normalized spacial score (nSPS) is 13.1. The van der Waals surface area contributed by atoms with E-state index in [4.69, 9.17) is 10.5 Å². The van der Waals surface area contributed by atoms with Crippen molar-refractivity contribution in [2.45, 2.75) is 39.3 Å². The van der Waals surface area contributed by atoms with E-state index in [1.165, 1.54) is 5.56 Å². The minimum absolute atomic E-state index is 0. The van der Waals surface area contributed by atoms with Crippen molar-refractivity contribution in [2.75, 3.05) is 13.7 Å². The first-order valence-corrected chi connectivity index (χ1v) is 6.68. The standard InChI is InChI=1S/C15H24N2O2.ClH/c1-5-17(15(18)12(3)16)11(2)10-13-6-8-14(19-4)9-7-13;/h6-9,11-12H,5,10,16H2,1-4H3;1H/t11?,12-;/m0./s1. The summed E-state index contributed by atoms with van der Waals surface area (Å²) in [5.41, 5.74) is 6.86. The van der Waals surface area contributed by atoms with Gasteiger partial charge in [-0.25, -0.2) is 0 Å². The lowest BCUT2D eigenvalue weighted by molar-refractivity contribution is -0.133. The predicted octanol–water partition coefficient (Wildman–Crippen LogP) is 2.24. The first-order chi connectivity index (χ1) is 8.99. The fourth-order valence-corrected chi connectivity index (χ4v) is 2.16. The molecule has 20 heavy (non-hydrogen) atoms. The number of nitrogens with zero attached hydrogens (tertiary/aromatic N) is 1. The zero-order valence-corrected chi connectivity index (χ0v) is 13.4. The Hall–Kier alpha value is -1.26. The molecule has 0 aliphatic rings. The number of rotatable bonds is 6. The van der Waals surface area contributed by atoms with Crippen molar-refractivity contribution < 1.29 is 9.53 Å². The van der Waals surface area contributed by atoms with Gasteiger partial charge in [0, 0.05) is 12.6 Å². The Morgan fingerprint density at radius 3 is 2.25 bits per heavy atom. The van der Waals surface area contributed by atoms with Gasteiger partial charge in [-0.15, -0.1) is 12.4 Å². The summed E-state index contributed by atoms with van der Waals surface area (Å²) >= 11 is 0. The molecular weight excluding hydrogens is 276 g/mol. The monoisotopic (exact) mass is 300 g/mol. The van der Waals surface area contributed by atoms with E-state index in [2.05, 4.69) is 0 Å². The molecule has 0 saturated carbocycles. The molecule has 0 radical (unpaired) electrons. The minimum atomic E-state index is -0.446. The summed E-state index contributed by atoms with van der Waals surface area (Å²) < 4.78 is 5.13. The highest BCUT2D eigenvalue weighted by Gasteiger charge is 2.21. The van der Waals surface area contributed by atoms with Crippen LogP contribution in [0.5, 0.6) is 5.75 Å². The summed E-state index contributed by atoms with van der Waals surface area (Å²) in [6.45, 7) is 6.43. The summed E-state index contributed by atoms with van der Waals surface area (Å²) in [6.07, 6.45) is 0.816. The Bertz CT molecular complexity index is 407. The zero-order chi connectivity index (χ0) is 14.4. The van der Waals surface area contributed by atoms with Gasteiger partial charge in [0.1, 0.15) is 5.75 Å². The van der Waals surface area contributed by atoms with E-state index in [9.17, 15) is 4.79 Å². The van der Waals surface area contributed by atoms with Crippen molar-refractivity contribution in [3.63, 3.8) is 0 Å². The Morgan fingerprint density at radius 2 is 1.85 bits per heavy atom. The molecular formula is C15H25ClN2O2. The van der Waals surface area contributed by atoms with Gasteiger partial charge < -0.3 is 15.4 Å². The quantitative estimate of drug-likeness (QED) is 0.876. The molecule has 1 rings (SSSR count). The van der Waals surface area contributed by atoms with Crippen molar-refractivity contribution in [3.05, 3.63) is 29.8 Å². The fourth-order valence-electron chi connectivity index (χ4n) is 2.16. The molecule has 0 bridgehead atoms. The second kappa shape index (κ2) is 8.82. The van der Waals surface area contributed by atoms with Crippen LogP contribution in [0.3, 0.4) is 0 Å². The number of benzene rings is 1. The number of halogens is 1. The highest BCUT2D eigenvalue weighted by molar-refractivity contribution is 5.85. The summed E-state index contributed by atoms with van der Waals surface area (Å²) in [5.74, 6) is 0.846. The molecule has 0 fully saturated rings. The molecule has 0 aliphatic carbocycles. The van der Waals surface area contributed by atoms with Crippen molar-refractivity contribution in [3.8, 4) is 5.75 Å². The van der Waals surface area contributed by atoms with Gasteiger partial charge in [-0.3, -0.25) is 4.79 Å². The molecule has 0 saturated heterocycles. The molecule has 2 N–H and O–H groups in total. The van der Waals surface area contributed by atoms with Crippen LogP contribution in [0.25, 0.3) is 0 Å². The first-order valence-electron chi connectivity index (χ1n) is 6.68. The lowest BCUT2D eigenvalue weighted by Gasteiger charge is -2.29. The summed E-state index contributed by atoms with van der Waals surface area (Å²) in [5, 5.41) is 0. The van der Waals surface area contributed by atoms with E-state index >= 15 is 0 Å². The SMILES string of the molecule is CCN(C(=O)[C@H](C)N)C(C)Cc1ccc(OC)cc1.Cl. The number of methoxy groups -OCH3 is 1. The van der Waals surface area contributed by atoms with E-state index < -0.39 is 6.04 Å². The Labute approximate surface area is 127 Å². The van der Waals surface area contributed by atoms with Crippen molar-refractivity contribution in [1.82, 2.24) is 4.90 Å². The third-order valence-corrected chi connectivity index (χ3v) is 3.24. The highest BCUT2D eigenvalue weighted by atomic mass is 35.5. The maximum absolute atomic E-state index is 12.0. The Kier molecular flexibility index (Phi) is 8.26. The number of nitrogens with two attached hydrogens (primary N) is 1. The first kappa shape index (κ1) is 18.7. The lowest BCUT2D eigenvalue weighted by Crippen LogP contribution is -2.47. The third kappa shape index (κ3) is 5.02. The van der Waals surface area contributed by atoms with Crippen LogP contribution >= 0.6 is 12.4 Å². The van der Waals surface area contributed by atoms with Gasteiger partial charge >= 0.3 is 0 Å². The average molecular weight is 301 g/mol. The van der Waals surface area contributed by atoms with Crippen LogP contribution < -0.4 is 10.5 Å². The maximum Gasteiger partial charge on any atom is 0.239 e. The number of carbonyl (C=O) groups excluding carboxylic acids is 1. The minimum Gasteiger partial charge on any atom is -0.497 e. The van der Waals surface area contributed by atoms with Gasteiger partial charge in [0.25, 0.3) is 0 Å². The summed E-state index contributed by atoms with van der Waals surface area (Å²) in [4.78, 5) is 13.8. The van der Waals surface area contributed by atoms with Gasteiger partial charge in [0.2, 0.25) is 5.91 Å². The number of likely N-dealkylation sites (N-methyl/N-ethyl adjacent to an activating group) is 1. The van der Waals surface area contributed by atoms with E-state index in [1.807, 2.05) is 43.0 Å². The molecule has 1 aromatic rings. The smallest absolute Gasteiger partial charge is 0.239 e. The fraction of sp³-hybridized carbons (Fsp3) is 0.533. The summed E-state index contributed by atoms with van der Waals surface area (Å²) in [6, 6.07) is 7.62. The van der Waals surface area contributed by atoms with Crippen molar-refractivity contribution in [1.29, 1.82) is 0 Å². The van der Waals surface area contributed by atoms with E-state index in [0.717, 1.165) is 12.2 Å².